The Labute approximate surface area is 90.1 Å². The highest BCUT2D eigenvalue weighted by atomic mass is 15.3. The molecular formula is C12H17N3. The molecule has 2 aromatic rings. The van der Waals surface area contributed by atoms with Crippen molar-refractivity contribution in [3.63, 3.8) is 0 Å². The molecule has 15 heavy (non-hydrogen) atoms. The molecule has 80 valence electrons. The van der Waals surface area contributed by atoms with Crippen LogP contribution in [0.3, 0.4) is 0 Å². The van der Waals surface area contributed by atoms with Crippen molar-refractivity contribution in [2.45, 2.75) is 39.5 Å². The van der Waals surface area contributed by atoms with Gasteiger partial charge in [-0.2, -0.15) is 5.10 Å². The zero-order valence-electron chi connectivity index (χ0n) is 9.73. The molecule has 0 aliphatic carbocycles. The quantitative estimate of drug-likeness (QED) is 0.751. The van der Waals surface area contributed by atoms with Crippen LogP contribution in [0.2, 0.25) is 0 Å². The third-order valence-corrected chi connectivity index (χ3v) is 2.51. The third-order valence-electron chi connectivity index (χ3n) is 2.51. The molecule has 0 aliphatic rings. The summed E-state index contributed by atoms with van der Waals surface area (Å²) in [5.41, 5.74) is 2.16. The summed E-state index contributed by atoms with van der Waals surface area (Å²) in [6, 6.07) is 6.16. The van der Waals surface area contributed by atoms with Gasteiger partial charge in [-0.25, -0.2) is 9.50 Å². The van der Waals surface area contributed by atoms with Crippen LogP contribution in [0.15, 0.2) is 18.2 Å². The van der Waals surface area contributed by atoms with Crippen LogP contribution >= 0.6 is 0 Å². The minimum Gasteiger partial charge on any atom is -0.217 e. The second-order valence-electron chi connectivity index (χ2n) is 4.50. The molecule has 2 aromatic heterocycles. The van der Waals surface area contributed by atoms with Crippen LogP contribution in [0, 0.1) is 0 Å². The highest BCUT2D eigenvalue weighted by Crippen LogP contribution is 2.17. The van der Waals surface area contributed by atoms with E-state index >= 15 is 0 Å². The fourth-order valence-corrected chi connectivity index (χ4v) is 1.62. The van der Waals surface area contributed by atoms with Gasteiger partial charge in [0.15, 0.2) is 11.5 Å². The van der Waals surface area contributed by atoms with Gasteiger partial charge in [0.1, 0.15) is 0 Å². The van der Waals surface area contributed by atoms with Crippen molar-refractivity contribution in [2.75, 3.05) is 0 Å². The molecule has 3 nitrogen and oxygen atoms in total. The van der Waals surface area contributed by atoms with Gasteiger partial charge in [0.25, 0.3) is 0 Å². The number of aromatic nitrogens is 3. The van der Waals surface area contributed by atoms with E-state index < -0.39 is 0 Å². The number of nitrogens with zero attached hydrogens (tertiary/aromatic N) is 3. The van der Waals surface area contributed by atoms with Crippen LogP contribution < -0.4 is 0 Å². The summed E-state index contributed by atoms with van der Waals surface area (Å²) in [4.78, 5) is 4.51. The third kappa shape index (κ3) is 1.74. The molecule has 0 saturated heterocycles. The van der Waals surface area contributed by atoms with E-state index in [1.807, 2.05) is 16.6 Å². The lowest BCUT2D eigenvalue weighted by Crippen LogP contribution is -2.00. The lowest BCUT2D eigenvalue weighted by Gasteiger charge is -2.06. The highest BCUT2D eigenvalue weighted by molar-refractivity contribution is 5.39. The first-order chi connectivity index (χ1) is 7.09. The van der Waals surface area contributed by atoms with E-state index in [2.05, 4.69) is 43.8 Å². The molecule has 0 unspecified atom stereocenters. The van der Waals surface area contributed by atoms with Gasteiger partial charge >= 0.3 is 0 Å². The Morgan fingerprint density at radius 3 is 2.40 bits per heavy atom. The van der Waals surface area contributed by atoms with Gasteiger partial charge < -0.3 is 0 Å². The Morgan fingerprint density at radius 1 is 1.07 bits per heavy atom. The first-order valence-electron chi connectivity index (χ1n) is 5.45. The van der Waals surface area contributed by atoms with Crippen LogP contribution in [0.1, 0.15) is 51.0 Å². The van der Waals surface area contributed by atoms with Crippen molar-refractivity contribution in [1.29, 1.82) is 0 Å². The second-order valence-corrected chi connectivity index (χ2v) is 4.50. The molecule has 0 radical (unpaired) electrons. The summed E-state index contributed by atoms with van der Waals surface area (Å²) in [5.74, 6) is 1.77. The van der Waals surface area contributed by atoms with Crippen LogP contribution in [0.25, 0.3) is 5.65 Å². The minimum atomic E-state index is 0.380. The summed E-state index contributed by atoms with van der Waals surface area (Å²) in [6.45, 7) is 8.57. The fourth-order valence-electron chi connectivity index (χ4n) is 1.62. The van der Waals surface area contributed by atoms with Crippen LogP contribution in [-0.2, 0) is 0 Å². The molecule has 2 heterocycles. The van der Waals surface area contributed by atoms with Crippen molar-refractivity contribution in [1.82, 2.24) is 14.6 Å². The minimum absolute atomic E-state index is 0.380. The SMILES string of the molecule is CC(C)c1nc2cccc(C(C)C)n2n1. The lowest BCUT2D eigenvalue weighted by atomic mass is 10.1. The van der Waals surface area contributed by atoms with E-state index in [9.17, 15) is 0 Å². The summed E-state index contributed by atoms with van der Waals surface area (Å²) in [6.07, 6.45) is 0. The predicted molar refractivity (Wildman–Crippen MR) is 61.2 cm³/mol. The summed E-state index contributed by atoms with van der Waals surface area (Å²) >= 11 is 0. The molecule has 3 heteroatoms. The van der Waals surface area contributed by atoms with Crippen LogP contribution in [0.4, 0.5) is 0 Å². The van der Waals surface area contributed by atoms with E-state index in [0.29, 0.717) is 11.8 Å². The van der Waals surface area contributed by atoms with Crippen molar-refractivity contribution >= 4 is 5.65 Å². The number of fused-ring (bicyclic) bond motifs is 1. The Kier molecular flexibility index (Phi) is 2.47. The normalized spacial score (nSPS) is 11.9. The first-order valence-corrected chi connectivity index (χ1v) is 5.45. The Balaban J connectivity index is 2.64. The highest BCUT2D eigenvalue weighted by Gasteiger charge is 2.11. The van der Waals surface area contributed by atoms with E-state index in [0.717, 1.165) is 11.5 Å². The predicted octanol–water partition coefficient (Wildman–Crippen LogP) is 2.98. The molecule has 0 N–H and O–H groups in total. The zero-order chi connectivity index (χ0) is 11.0. The fraction of sp³-hybridized carbons (Fsp3) is 0.500. The van der Waals surface area contributed by atoms with Gasteiger partial charge in [-0.3, -0.25) is 0 Å². The van der Waals surface area contributed by atoms with Gasteiger partial charge in [-0.15, -0.1) is 0 Å². The molecule has 0 aromatic carbocycles. The van der Waals surface area contributed by atoms with Crippen molar-refractivity contribution in [2.24, 2.45) is 0 Å². The second kappa shape index (κ2) is 3.65. The molecular weight excluding hydrogens is 186 g/mol. The summed E-state index contributed by atoms with van der Waals surface area (Å²) < 4.78 is 1.96. The van der Waals surface area contributed by atoms with E-state index in [1.54, 1.807) is 0 Å². The summed E-state index contributed by atoms with van der Waals surface area (Å²) in [7, 11) is 0. The largest absolute Gasteiger partial charge is 0.217 e. The van der Waals surface area contributed by atoms with Crippen LogP contribution in [-0.4, -0.2) is 14.6 Å². The monoisotopic (exact) mass is 203 g/mol. The maximum absolute atomic E-state index is 4.54. The molecule has 0 fully saturated rings. The molecule has 0 saturated carbocycles. The smallest absolute Gasteiger partial charge is 0.155 e. The Bertz CT molecular complexity index is 469. The molecule has 2 rings (SSSR count). The van der Waals surface area contributed by atoms with Gasteiger partial charge in [0.2, 0.25) is 0 Å². The van der Waals surface area contributed by atoms with E-state index in [4.69, 9.17) is 0 Å². The molecule has 0 amide bonds. The average molecular weight is 203 g/mol. The molecule has 0 atom stereocenters. The van der Waals surface area contributed by atoms with Gasteiger partial charge in [0.05, 0.1) is 0 Å². The molecule has 0 spiro atoms. The topological polar surface area (TPSA) is 30.2 Å². The standard InChI is InChI=1S/C12H17N3/c1-8(2)10-6-5-7-11-13-12(9(3)4)14-15(10)11/h5-9H,1-4H3. The summed E-state index contributed by atoms with van der Waals surface area (Å²) in [5, 5.41) is 4.54. The maximum atomic E-state index is 4.54. The molecule has 0 bridgehead atoms. The van der Waals surface area contributed by atoms with E-state index in [1.165, 1.54) is 5.69 Å². The number of pyridine rings is 1. The van der Waals surface area contributed by atoms with Crippen molar-refractivity contribution < 1.29 is 0 Å². The van der Waals surface area contributed by atoms with E-state index in [-0.39, 0.29) is 0 Å². The van der Waals surface area contributed by atoms with Crippen molar-refractivity contribution in [3.8, 4) is 0 Å². The lowest BCUT2D eigenvalue weighted by molar-refractivity contribution is 0.720. The average Bonchev–Trinajstić information content (AvgIpc) is 2.60. The first kappa shape index (κ1) is 10.1. The van der Waals surface area contributed by atoms with Gasteiger partial charge in [-0.1, -0.05) is 33.8 Å². The number of hydrogen-bond donors (Lipinski definition) is 0. The Morgan fingerprint density at radius 2 is 1.80 bits per heavy atom. The number of rotatable bonds is 2. The maximum Gasteiger partial charge on any atom is 0.155 e. The zero-order valence-corrected chi connectivity index (χ0v) is 9.73. The van der Waals surface area contributed by atoms with Crippen molar-refractivity contribution in [3.05, 3.63) is 29.7 Å². The molecule has 0 aliphatic heterocycles. The Hall–Kier alpha value is -1.38. The van der Waals surface area contributed by atoms with Crippen LogP contribution in [0.5, 0.6) is 0 Å². The van der Waals surface area contributed by atoms with Gasteiger partial charge in [0, 0.05) is 11.6 Å². The van der Waals surface area contributed by atoms with Gasteiger partial charge in [-0.05, 0) is 18.1 Å². The number of hydrogen-bond acceptors (Lipinski definition) is 2.